The lowest BCUT2D eigenvalue weighted by molar-refractivity contribution is -0.142. The van der Waals surface area contributed by atoms with Gasteiger partial charge in [-0.1, -0.05) is 0 Å². The molecule has 0 bridgehead atoms. The maximum Gasteiger partial charge on any atom is 0.338 e. The average molecular weight is 385 g/mol. The van der Waals surface area contributed by atoms with E-state index in [1.807, 2.05) is 20.9 Å². The van der Waals surface area contributed by atoms with Crippen molar-refractivity contribution in [2.24, 2.45) is 7.05 Å². The molecule has 28 heavy (non-hydrogen) atoms. The third kappa shape index (κ3) is 5.54. The molecule has 0 spiro atoms. The number of ether oxygens (including phenoxy) is 2. The van der Waals surface area contributed by atoms with Crippen LogP contribution in [-0.2, 0) is 26.1 Å². The highest BCUT2D eigenvalue weighted by molar-refractivity contribution is 5.95. The Labute approximate surface area is 163 Å². The molecule has 0 aliphatic carbocycles. The zero-order chi connectivity index (χ0) is 20.7. The first-order valence-electron chi connectivity index (χ1n) is 8.74. The lowest BCUT2D eigenvalue weighted by atomic mass is 10.2. The van der Waals surface area contributed by atoms with Gasteiger partial charge in [-0.15, -0.1) is 0 Å². The number of nitrogens with zero attached hydrogens (tertiary/aromatic N) is 2. The van der Waals surface area contributed by atoms with Crippen LogP contribution >= 0.6 is 0 Å². The number of aryl methyl sites for hydroxylation is 2. The van der Waals surface area contributed by atoms with Crippen LogP contribution in [0.25, 0.3) is 6.08 Å². The quantitative estimate of drug-likeness (QED) is 0.580. The van der Waals surface area contributed by atoms with Crippen molar-refractivity contribution in [2.75, 3.05) is 18.5 Å². The van der Waals surface area contributed by atoms with E-state index in [2.05, 4.69) is 10.4 Å². The molecular weight excluding hydrogens is 362 g/mol. The van der Waals surface area contributed by atoms with Crippen molar-refractivity contribution >= 4 is 29.6 Å². The Balaban J connectivity index is 1.84. The van der Waals surface area contributed by atoms with Crippen LogP contribution in [0.4, 0.5) is 5.69 Å². The van der Waals surface area contributed by atoms with Gasteiger partial charge in [-0.3, -0.25) is 9.48 Å². The average Bonchev–Trinajstić information content (AvgIpc) is 2.90. The summed E-state index contributed by atoms with van der Waals surface area (Å²) < 4.78 is 11.6. The first kappa shape index (κ1) is 20.9. The van der Waals surface area contributed by atoms with E-state index in [9.17, 15) is 14.4 Å². The molecule has 1 heterocycles. The number of hydrogen-bond donors (Lipinski definition) is 1. The van der Waals surface area contributed by atoms with Gasteiger partial charge in [0, 0.05) is 30.1 Å². The number of nitrogens with one attached hydrogen (secondary N) is 1. The van der Waals surface area contributed by atoms with Gasteiger partial charge in [0.15, 0.2) is 6.61 Å². The molecule has 1 aromatic heterocycles. The van der Waals surface area contributed by atoms with Crippen molar-refractivity contribution in [1.29, 1.82) is 0 Å². The van der Waals surface area contributed by atoms with E-state index in [-0.39, 0.29) is 6.61 Å². The number of esters is 2. The van der Waals surface area contributed by atoms with E-state index in [1.54, 1.807) is 41.9 Å². The Kier molecular flexibility index (Phi) is 7.08. The molecule has 0 aliphatic rings. The summed E-state index contributed by atoms with van der Waals surface area (Å²) in [6.45, 7) is 5.33. The van der Waals surface area contributed by atoms with Gasteiger partial charge in [0.05, 0.1) is 17.9 Å². The maximum absolute atomic E-state index is 11.9. The summed E-state index contributed by atoms with van der Waals surface area (Å²) in [6.07, 6.45) is 2.88. The molecule has 0 saturated heterocycles. The summed E-state index contributed by atoms with van der Waals surface area (Å²) in [4.78, 5) is 35.3. The second-order valence-electron chi connectivity index (χ2n) is 6.00. The van der Waals surface area contributed by atoms with Crippen molar-refractivity contribution in [3.63, 3.8) is 0 Å². The fraction of sp³-hybridized carbons (Fsp3) is 0.300. The largest absolute Gasteiger partial charge is 0.462 e. The van der Waals surface area contributed by atoms with E-state index in [4.69, 9.17) is 9.47 Å². The van der Waals surface area contributed by atoms with Crippen molar-refractivity contribution in [2.45, 2.75) is 20.8 Å². The van der Waals surface area contributed by atoms with Crippen molar-refractivity contribution in [3.05, 3.63) is 52.9 Å². The van der Waals surface area contributed by atoms with Crippen LogP contribution in [0.5, 0.6) is 0 Å². The molecule has 0 fully saturated rings. The number of anilines is 1. The molecule has 0 atom stereocenters. The third-order valence-corrected chi connectivity index (χ3v) is 3.98. The SMILES string of the molecule is CCOC(=O)c1ccc(NC(=O)COC(=O)/C=C/c2c(C)nn(C)c2C)cc1. The van der Waals surface area contributed by atoms with Gasteiger partial charge in [-0.25, -0.2) is 9.59 Å². The normalized spacial score (nSPS) is 10.7. The van der Waals surface area contributed by atoms with Crippen LogP contribution in [0.3, 0.4) is 0 Å². The molecule has 0 unspecified atom stereocenters. The van der Waals surface area contributed by atoms with Crippen molar-refractivity contribution in [1.82, 2.24) is 9.78 Å². The van der Waals surface area contributed by atoms with Gasteiger partial charge in [-0.2, -0.15) is 5.10 Å². The van der Waals surface area contributed by atoms with E-state index < -0.39 is 24.5 Å². The molecule has 1 amide bonds. The number of hydrogen-bond acceptors (Lipinski definition) is 6. The molecule has 0 radical (unpaired) electrons. The molecule has 8 heteroatoms. The van der Waals surface area contributed by atoms with Gasteiger partial charge < -0.3 is 14.8 Å². The van der Waals surface area contributed by atoms with Crippen molar-refractivity contribution in [3.8, 4) is 0 Å². The minimum Gasteiger partial charge on any atom is -0.462 e. The zero-order valence-corrected chi connectivity index (χ0v) is 16.3. The number of benzene rings is 1. The van der Waals surface area contributed by atoms with E-state index in [0.717, 1.165) is 17.0 Å². The second-order valence-corrected chi connectivity index (χ2v) is 6.00. The van der Waals surface area contributed by atoms with Crippen LogP contribution in [0, 0.1) is 13.8 Å². The van der Waals surface area contributed by atoms with E-state index in [0.29, 0.717) is 11.3 Å². The summed E-state index contributed by atoms with van der Waals surface area (Å²) in [5.41, 5.74) is 3.42. The predicted octanol–water partition coefficient (Wildman–Crippen LogP) is 2.41. The number of aromatic nitrogens is 2. The van der Waals surface area contributed by atoms with Gasteiger partial charge in [-0.05, 0) is 51.1 Å². The molecule has 1 aromatic carbocycles. The summed E-state index contributed by atoms with van der Waals surface area (Å²) in [7, 11) is 1.82. The minimum absolute atomic E-state index is 0.289. The predicted molar refractivity (Wildman–Crippen MR) is 104 cm³/mol. The summed E-state index contributed by atoms with van der Waals surface area (Å²) in [5, 5.41) is 6.84. The van der Waals surface area contributed by atoms with Crippen LogP contribution < -0.4 is 5.32 Å². The van der Waals surface area contributed by atoms with Crippen LogP contribution in [0.2, 0.25) is 0 Å². The topological polar surface area (TPSA) is 99.5 Å². The van der Waals surface area contributed by atoms with Gasteiger partial charge in [0.2, 0.25) is 0 Å². The Bertz CT molecular complexity index is 897. The number of amides is 1. The highest BCUT2D eigenvalue weighted by Crippen LogP contribution is 2.14. The zero-order valence-electron chi connectivity index (χ0n) is 16.3. The highest BCUT2D eigenvalue weighted by atomic mass is 16.5. The lowest BCUT2D eigenvalue weighted by Crippen LogP contribution is -2.20. The third-order valence-electron chi connectivity index (χ3n) is 3.98. The molecular formula is C20H23N3O5. The summed E-state index contributed by atoms with van der Waals surface area (Å²) in [6, 6.07) is 6.22. The van der Waals surface area contributed by atoms with Gasteiger partial charge in [0.1, 0.15) is 0 Å². The first-order valence-corrected chi connectivity index (χ1v) is 8.74. The molecule has 0 aliphatic heterocycles. The Morgan fingerprint density at radius 3 is 2.39 bits per heavy atom. The Morgan fingerprint density at radius 1 is 1.14 bits per heavy atom. The lowest BCUT2D eigenvalue weighted by Gasteiger charge is -2.06. The maximum atomic E-state index is 11.9. The highest BCUT2D eigenvalue weighted by Gasteiger charge is 2.10. The molecule has 8 nitrogen and oxygen atoms in total. The monoisotopic (exact) mass is 385 g/mol. The van der Waals surface area contributed by atoms with Gasteiger partial charge >= 0.3 is 11.9 Å². The fourth-order valence-electron chi connectivity index (χ4n) is 2.47. The smallest absolute Gasteiger partial charge is 0.338 e. The molecule has 2 aromatic rings. The van der Waals surface area contributed by atoms with Crippen LogP contribution in [0.1, 0.15) is 34.2 Å². The molecule has 2 rings (SSSR count). The summed E-state index contributed by atoms with van der Waals surface area (Å²) >= 11 is 0. The van der Waals surface area contributed by atoms with E-state index >= 15 is 0 Å². The standard InChI is InChI=1S/C20H23N3O5/c1-5-27-20(26)15-6-8-16(9-7-15)21-18(24)12-28-19(25)11-10-17-13(2)22-23(4)14(17)3/h6-11H,5,12H2,1-4H3,(H,21,24)/b11-10+. The molecule has 1 N–H and O–H groups in total. The number of rotatable bonds is 7. The van der Waals surface area contributed by atoms with Gasteiger partial charge in [0.25, 0.3) is 5.91 Å². The van der Waals surface area contributed by atoms with Crippen molar-refractivity contribution < 1.29 is 23.9 Å². The molecule has 148 valence electrons. The Morgan fingerprint density at radius 2 is 1.82 bits per heavy atom. The first-order chi connectivity index (χ1) is 13.3. The minimum atomic E-state index is -0.629. The summed E-state index contributed by atoms with van der Waals surface area (Å²) in [5.74, 6) is -1.55. The van der Waals surface area contributed by atoms with Crippen LogP contribution in [-0.4, -0.2) is 40.8 Å². The second kappa shape index (κ2) is 9.50. The Hall–Kier alpha value is -3.42. The molecule has 0 saturated carbocycles. The van der Waals surface area contributed by atoms with Crippen LogP contribution in [0.15, 0.2) is 30.3 Å². The number of carbonyl (C=O) groups excluding carboxylic acids is 3. The fourth-order valence-corrected chi connectivity index (χ4v) is 2.47. The number of carbonyl (C=O) groups is 3. The van der Waals surface area contributed by atoms with E-state index in [1.165, 1.54) is 6.08 Å².